The first-order chi connectivity index (χ1) is 11.3. The van der Waals surface area contributed by atoms with E-state index in [0.29, 0.717) is 10.0 Å². The third kappa shape index (κ3) is 4.02. The summed E-state index contributed by atoms with van der Waals surface area (Å²) < 4.78 is 18.8. The zero-order valence-electron chi connectivity index (χ0n) is 12.4. The van der Waals surface area contributed by atoms with Crippen molar-refractivity contribution in [2.45, 2.75) is 6.92 Å². The van der Waals surface area contributed by atoms with Crippen LogP contribution in [0.5, 0.6) is 0 Å². The highest BCUT2D eigenvalue weighted by molar-refractivity contribution is 9.10. The minimum absolute atomic E-state index is 0.0369. The summed E-state index contributed by atoms with van der Waals surface area (Å²) in [5.74, 6) is -2.40. The second-order valence-electron chi connectivity index (χ2n) is 4.88. The molecule has 0 saturated heterocycles. The third-order valence-corrected chi connectivity index (χ3v) is 3.70. The van der Waals surface area contributed by atoms with Crippen molar-refractivity contribution in [2.75, 3.05) is 6.61 Å². The van der Waals surface area contributed by atoms with Crippen LogP contribution >= 0.6 is 15.9 Å². The lowest BCUT2D eigenvalue weighted by Crippen LogP contribution is -2.15. The van der Waals surface area contributed by atoms with Crippen LogP contribution in [0.2, 0.25) is 0 Å². The molecule has 0 N–H and O–H groups in total. The number of nitro benzene ring substituents is 1. The van der Waals surface area contributed by atoms with Crippen molar-refractivity contribution >= 4 is 33.4 Å². The molecule has 0 spiro atoms. The lowest BCUT2D eigenvalue weighted by molar-refractivity contribution is -0.385. The Morgan fingerprint density at radius 2 is 1.96 bits per heavy atom. The van der Waals surface area contributed by atoms with Crippen LogP contribution in [0.3, 0.4) is 0 Å². The number of carbonyl (C=O) groups excluding carboxylic acids is 2. The van der Waals surface area contributed by atoms with Crippen LogP contribution in [-0.2, 0) is 4.74 Å². The number of rotatable bonds is 5. The Bertz CT molecular complexity index is 837. The number of esters is 1. The number of nitrogens with zero attached hydrogens (tertiary/aromatic N) is 1. The van der Waals surface area contributed by atoms with E-state index in [1.807, 2.05) is 0 Å². The molecule has 0 aliphatic heterocycles. The van der Waals surface area contributed by atoms with E-state index in [-0.39, 0.29) is 16.8 Å². The lowest BCUT2D eigenvalue weighted by atomic mass is 10.1. The van der Waals surface area contributed by atoms with E-state index < -0.39 is 29.1 Å². The first-order valence-corrected chi connectivity index (χ1v) is 7.49. The normalized spacial score (nSPS) is 10.3. The molecule has 2 aromatic carbocycles. The zero-order chi connectivity index (χ0) is 17.9. The minimum Gasteiger partial charge on any atom is -0.454 e. The molecular weight excluding hydrogens is 385 g/mol. The van der Waals surface area contributed by atoms with Gasteiger partial charge < -0.3 is 4.74 Å². The van der Waals surface area contributed by atoms with Crippen molar-refractivity contribution in [1.82, 2.24) is 0 Å². The van der Waals surface area contributed by atoms with Crippen molar-refractivity contribution in [3.63, 3.8) is 0 Å². The summed E-state index contributed by atoms with van der Waals surface area (Å²) in [7, 11) is 0. The van der Waals surface area contributed by atoms with E-state index in [0.717, 1.165) is 12.1 Å². The zero-order valence-corrected chi connectivity index (χ0v) is 14.0. The number of hydrogen-bond donors (Lipinski definition) is 0. The molecule has 0 amide bonds. The van der Waals surface area contributed by atoms with Crippen LogP contribution in [0.1, 0.15) is 26.3 Å². The highest BCUT2D eigenvalue weighted by atomic mass is 79.9. The second kappa shape index (κ2) is 7.31. The van der Waals surface area contributed by atoms with Gasteiger partial charge in [-0.2, -0.15) is 0 Å². The fourth-order valence-electron chi connectivity index (χ4n) is 1.93. The van der Waals surface area contributed by atoms with Crippen molar-refractivity contribution in [2.24, 2.45) is 0 Å². The summed E-state index contributed by atoms with van der Waals surface area (Å²) in [6.07, 6.45) is 0. The Kier molecular flexibility index (Phi) is 5.40. The molecule has 0 bridgehead atoms. The molecule has 0 aromatic heterocycles. The number of hydrogen-bond acceptors (Lipinski definition) is 5. The average molecular weight is 396 g/mol. The van der Waals surface area contributed by atoms with Gasteiger partial charge in [-0.15, -0.1) is 0 Å². The van der Waals surface area contributed by atoms with Gasteiger partial charge in [0.25, 0.3) is 5.69 Å². The van der Waals surface area contributed by atoms with Crippen molar-refractivity contribution < 1.29 is 23.6 Å². The van der Waals surface area contributed by atoms with Gasteiger partial charge in [0.15, 0.2) is 6.61 Å². The van der Waals surface area contributed by atoms with E-state index in [2.05, 4.69) is 15.9 Å². The molecule has 6 nitrogen and oxygen atoms in total. The molecule has 0 aliphatic rings. The summed E-state index contributed by atoms with van der Waals surface area (Å²) in [5, 5.41) is 10.9. The number of halogens is 2. The standard InChI is InChI=1S/C16H11BrFNO5/c1-9-2-3-10(6-14(9)19(22)23)15(20)8-24-16(21)12-7-11(17)4-5-13(12)18/h2-7H,8H2,1H3. The molecule has 0 heterocycles. The van der Waals surface area contributed by atoms with Crippen molar-refractivity contribution in [1.29, 1.82) is 0 Å². The largest absolute Gasteiger partial charge is 0.454 e. The minimum atomic E-state index is -0.997. The molecule has 0 atom stereocenters. The number of nitro groups is 1. The topological polar surface area (TPSA) is 86.5 Å². The van der Waals surface area contributed by atoms with Gasteiger partial charge >= 0.3 is 5.97 Å². The van der Waals surface area contributed by atoms with Gasteiger partial charge in [0.1, 0.15) is 5.82 Å². The Morgan fingerprint density at radius 1 is 1.25 bits per heavy atom. The van der Waals surface area contributed by atoms with Crippen molar-refractivity contribution in [3.05, 3.63) is 73.5 Å². The predicted molar refractivity (Wildman–Crippen MR) is 86.5 cm³/mol. The molecule has 0 unspecified atom stereocenters. The summed E-state index contributed by atoms with van der Waals surface area (Å²) in [5.41, 5.74) is -0.0724. The smallest absolute Gasteiger partial charge is 0.341 e. The maximum absolute atomic E-state index is 13.6. The monoisotopic (exact) mass is 395 g/mol. The maximum Gasteiger partial charge on any atom is 0.341 e. The predicted octanol–water partition coefficient (Wildman–Crippen LogP) is 3.84. The number of ether oxygens (including phenoxy) is 1. The Morgan fingerprint density at radius 3 is 2.62 bits per heavy atom. The fourth-order valence-corrected chi connectivity index (χ4v) is 2.29. The van der Waals surface area contributed by atoms with E-state index >= 15 is 0 Å². The van der Waals surface area contributed by atoms with E-state index in [4.69, 9.17) is 4.74 Å². The van der Waals surface area contributed by atoms with Crippen LogP contribution in [-0.4, -0.2) is 23.3 Å². The molecule has 0 radical (unpaired) electrons. The molecule has 24 heavy (non-hydrogen) atoms. The highest BCUT2D eigenvalue weighted by Crippen LogP contribution is 2.20. The summed E-state index contributed by atoms with van der Waals surface area (Å²) in [4.78, 5) is 34.1. The number of benzene rings is 2. The molecule has 0 fully saturated rings. The van der Waals surface area contributed by atoms with Gasteiger partial charge in [0.2, 0.25) is 5.78 Å². The second-order valence-corrected chi connectivity index (χ2v) is 5.80. The van der Waals surface area contributed by atoms with Crippen molar-refractivity contribution in [3.8, 4) is 0 Å². The lowest BCUT2D eigenvalue weighted by Gasteiger charge is -2.06. The fraction of sp³-hybridized carbons (Fsp3) is 0.125. The molecule has 0 saturated carbocycles. The first kappa shape index (κ1) is 17.7. The number of ketones is 1. The molecule has 124 valence electrons. The molecule has 2 aromatic rings. The van der Waals surface area contributed by atoms with Crippen LogP contribution in [0.15, 0.2) is 40.9 Å². The Balaban J connectivity index is 2.10. The number of carbonyl (C=O) groups is 2. The summed E-state index contributed by atoms with van der Waals surface area (Å²) >= 11 is 3.10. The Hall–Kier alpha value is -2.61. The number of Topliss-reactive ketones (excluding diaryl/α,β-unsaturated/α-hetero) is 1. The van der Waals surface area contributed by atoms with Crippen LogP contribution in [0.25, 0.3) is 0 Å². The molecule has 2 rings (SSSR count). The van der Waals surface area contributed by atoms with E-state index in [9.17, 15) is 24.1 Å². The summed E-state index contributed by atoms with van der Waals surface area (Å²) in [6.45, 7) is 0.896. The van der Waals surface area contributed by atoms with Crippen LogP contribution in [0, 0.1) is 22.9 Å². The van der Waals surface area contributed by atoms with Crippen LogP contribution in [0.4, 0.5) is 10.1 Å². The van der Waals surface area contributed by atoms with Gasteiger partial charge in [0.05, 0.1) is 10.5 Å². The van der Waals surface area contributed by atoms with Gasteiger partial charge in [-0.3, -0.25) is 14.9 Å². The number of aryl methyl sites for hydroxylation is 1. The SMILES string of the molecule is Cc1ccc(C(=O)COC(=O)c2cc(Br)ccc2F)cc1[N+](=O)[O-]. The quantitative estimate of drug-likeness (QED) is 0.332. The van der Waals surface area contributed by atoms with Gasteiger partial charge in [-0.05, 0) is 25.1 Å². The molecular formula is C16H11BrFNO5. The van der Waals surface area contributed by atoms with E-state index in [1.165, 1.54) is 24.3 Å². The Labute approximate surface area is 144 Å². The van der Waals surface area contributed by atoms with Gasteiger partial charge in [-0.25, -0.2) is 9.18 Å². The van der Waals surface area contributed by atoms with E-state index in [1.54, 1.807) is 6.92 Å². The molecule has 8 heteroatoms. The molecule has 0 aliphatic carbocycles. The maximum atomic E-state index is 13.6. The van der Waals surface area contributed by atoms with Gasteiger partial charge in [0, 0.05) is 21.7 Å². The average Bonchev–Trinajstić information content (AvgIpc) is 2.54. The third-order valence-electron chi connectivity index (χ3n) is 3.21. The van der Waals surface area contributed by atoms with Crippen LogP contribution < -0.4 is 0 Å². The first-order valence-electron chi connectivity index (χ1n) is 6.70. The highest BCUT2D eigenvalue weighted by Gasteiger charge is 2.18. The van der Waals surface area contributed by atoms with Gasteiger partial charge in [-0.1, -0.05) is 28.1 Å². The summed E-state index contributed by atoms with van der Waals surface area (Å²) in [6, 6.07) is 7.69.